The highest BCUT2D eigenvalue weighted by Crippen LogP contribution is 2.20. The minimum atomic E-state index is -0.536. The fourth-order valence-corrected chi connectivity index (χ4v) is 3.27. The van der Waals surface area contributed by atoms with Crippen LogP contribution in [-0.4, -0.2) is 53.5 Å². The maximum absolute atomic E-state index is 13.8. The molecule has 2 heterocycles. The minimum Gasteiger partial charge on any atom is -0.354 e. The molecule has 0 unspecified atom stereocenters. The van der Waals surface area contributed by atoms with E-state index in [0.29, 0.717) is 5.02 Å². The lowest BCUT2D eigenvalue weighted by molar-refractivity contribution is -0.117. The summed E-state index contributed by atoms with van der Waals surface area (Å²) < 4.78 is 13.8. The second-order valence-electron chi connectivity index (χ2n) is 7.32. The number of halogens is 2. The molecule has 6 nitrogen and oxygen atoms in total. The smallest absolute Gasteiger partial charge is 0.238 e. The van der Waals surface area contributed by atoms with Crippen molar-refractivity contribution in [1.29, 1.82) is 0 Å². The largest absolute Gasteiger partial charge is 0.354 e. The van der Waals surface area contributed by atoms with Crippen LogP contribution in [0.2, 0.25) is 5.02 Å². The summed E-state index contributed by atoms with van der Waals surface area (Å²) in [6, 6.07) is 6.20. The van der Waals surface area contributed by atoms with Gasteiger partial charge in [-0.15, -0.1) is 0 Å². The Morgan fingerprint density at radius 1 is 1.21 bits per heavy atom. The molecule has 3 rings (SSSR count). The molecule has 0 bridgehead atoms. The number of carbonyl (C=O) groups is 1. The van der Waals surface area contributed by atoms with E-state index < -0.39 is 5.82 Å². The van der Waals surface area contributed by atoms with Crippen molar-refractivity contribution in [2.75, 3.05) is 42.9 Å². The van der Waals surface area contributed by atoms with E-state index in [1.165, 1.54) is 12.1 Å². The number of aromatic nitrogens is 2. The van der Waals surface area contributed by atoms with E-state index in [2.05, 4.69) is 38.9 Å². The predicted molar refractivity (Wildman–Crippen MR) is 110 cm³/mol. The fourth-order valence-electron chi connectivity index (χ4n) is 3.11. The SMILES string of the molecule is Cc1cc(N2CCN(CC(=O)Nc3ccc(Cl)cc3F)CC2)nc(C(C)C)n1. The first-order valence-electron chi connectivity index (χ1n) is 9.39. The molecule has 2 aromatic rings. The van der Waals surface area contributed by atoms with Crippen LogP contribution in [-0.2, 0) is 4.79 Å². The molecule has 1 saturated heterocycles. The van der Waals surface area contributed by atoms with Crippen LogP contribution in [0.15, 0.2) is 24.3 Å². The van der Waals surface area contributed by atoms with Gasteiger partial charge in [0.05, 0.1) is 12.2 Å². The Kier molecular flexibility index (Phi) is 6.46. The molecule has 0 saturated carbocycles. The first kappa shape index (κ1) is 20.5. The quantitative estimate of drug-likeness (QED) is 0.825. The third kappa shape index (κ3) is 5.17. The van der Waals surface area contributed by atoms with Crippen LogP contribution in [0.4, 0.5) is 15.9 Å². The summed E-state index contributed by atoms with van der Waals surface area (Å²) in [5.74, 6) is 1.28. The van der Waals surface area contributed by atoms with Gasteiger partial charge in [0.15, 0.2) is 0 Å². The van der Waals surface area contributed by atoms with E-state index in [0.717, 1.165) is 43.5 Å². The molecule has 1 aromatic carbocycles. The van der Waals surface area contributed by atoms with Crippen LogP contribution >= 0.6 is 11.6 Å². The van der Waals surface area contributed by atoms with Crippen molar-refractivity contribution in [2.45, 2.75) is 26.7 Å². The minimum absolute atomic E-state index is 0.144. The van der Waals surface area contributed by atoms with Crippen LogP contribution in [0, 0.1) is 12.7 Å². The Labute approximate surface area is 169 Å². The maximum atomic E-state index is 13.8. The van der Waals surface area contributed by atoms with E-state index >= 15 is 0 Å². The van der Waals surface area contributed by atoms with Gasteiger partial charge in [0.2, 0.25) is 5.91 Å². The molecule has 0 atom stereocenters. The van der Waals surface area contributed by atoms with Crippen molar-refractivity contribution in [3.8, 4) is 0 Å². The summed E-state index contributed by atoms with van der Waals surface area (Å²) in [4.78, 5) is 25.7. The summed E-state index contributed by atoms with van der Waals surface area (Å²) in [5, 5.41) is 2.90. The van der Waals surface area contributed by atoms with Gasteiger partial charge >= 0.3 is 0 Å². The Morgan fingerprint density at radius 3 is 2.57 bits per heavy atom. The molecule has 0 aliphatic carbocycles. The summed E-state index contributed by atoms with van der Waals surface area (Å²) in [5.41, 5.74) is 1.10. The van der Waals surface area contributed by atoms with Crippen LogP contribution in [0.1, 0.15) is 31.3 Å². The monoisotopic (exact) mass is 405 g/mol. The lowest BCUT2D eigenvalue weighted by Crippen LogP contribution is -2.49. The van der Waals surface area contributed by atoms with Crippen LogP contribution in [0.3, 0.4) is 0 Å². The van der Waals surface area contributed by atoms with Gasteiger partial charge in [0.1, 0.15) is 17.5 Å². The molecule has 0 spiro atoms. The lowest BCUT2D eigenvalue weighted by Gasteiger charge is -2.35. The average Bonchev–Trinajstić information content (AvgIpc) is 2.64. The summed E-state index contributed by atoms with van der Waals surface area (Å²) in [7, 11) is 0. The summed E-state index contributed by atoms with van der Waals surface area (Å²) in [6.07, 6.45) is 0. The highest BCUT2D eigenvalue weighted by molar-refractivity contribution is 6.30. The Hall–Kier alpha value is -2.25. The number of aryl methyl sites for hydroxylation is 1. The van der Waals surface area contributed by atoms with Crippen molar-refractivity contribution in [1.82, 2.24) is 14.9 Å². The van der Waals surface area contributed by atoms with Gasteiger partial charge < -0.3 is 10.2 Å². The number of nitrogens with zero attached hydrogens (tertiary/aromatic N) is 4. The van der Waals surface area contributed by atoms with E-state index in [1.807, 2.05) is 13.0 Å². The van der Waals surface area contributed by atoms with Crippen LogP contribution in [0.5, 0.6) is 0 Å². The first-order chi connectivity index (χ1) is 13.3. The third-order valence-electron chi connectivity index (χ3n) is 4.64. The molecule has 0 radical (unpaired) electrons. The molecule has 1 amide bonds. The van der Waals surface area contributed by atoms with Gasteiger partial charge in [0, 0.05) is 48.9 Å². The number of carbonyl (C=O) groups excluding carboxylic acids is 1. The number of anilines is 2. The second kappa shape index (κ2) is 8.84. The standard InChI is InChI=1S/C20H25ClFN5O/c1-13(2)20-23-14(3)10-18(25-20)27-8-6-26(7-9-27)12-19(28)24-17-5-4-15(21)11-16(17)22/h4-5,10-11,13H,6-9,12H2,1-3H3,(H,24,28). The second-order valence-corrected chi connectivity index (χ2v) is 7.75. The van der Waals surface area contributed by atoms with Crippen LogP contribution < -0.4 is 10.2 Å². The maximum Gasteiger partial charge on any atom is 0.238 e. The van der Waals surface area contributed by atoms with E-state index in [-0.39, 0.29) is 24.1 Å². The zero-order chi connectivity index (χ0) is 20.3. The fraction of sp³-hybridized carbons (Fsp3) is 0.450. The molecule has 1 fully saturated rings. The first-order valence-corrected chi connectivity index (χ1v) is 9.77. The van der Waals surface area contributed by atoms with Crippen LogP contribution in [0.25, 0.3) is 0 Å². The summed E-state index contributed by atoms with van der Waals surface area (Å²) in [6.45, 7) is 9.38. The Morgan fingerprint density at radius 2 is 1.93 bits per heavy atom. The molecular weight excluding hydrogens is 381 g/mol. The van der Waals surface area contributed by atoms with Crippen molar-refractivity contribution >= 4 is 29.0 Å². The van der Waals surface area contributed by atoms with Crippen molar-refractivity contribution < 1.29 is 9.18 Å². The third-order valence-corrected chi connectivity index (χ3v) is 4.88. The van der Waals surface area contributed by atoms with Gasteiger partial charge in [-0.3, -0.25) is 9.69 Å². The highest BCUT2D eigenvalue weighted by Gasteiger charge is 2.21. The number of rotatable bonds is 5. The van der Waals surface area contributed by atoms with E-state index in [4.69, 9.17) is 11.6 Å². The number of hydrogen-bond donors (Lipinski definition) is 1. The Balaban J connectivity index is 1.55. The zero-order valence-electron chi connectivity index (χ0n) is 16.4. The molecule has 8 heteroatoms. The van der Waals surface area contributed by atoms with E-state index in [1.54, 1.807) is 6.07 Å². The lowest BCUT2D eigenvalue weighted by atomic mass is 10.2. The van der Waals surface area contributed by atoms with Gasteiger partial charge in [-0.25, -0.2) is 14.4 Å². The normalized spacial score (nSPS) is 15.1. The van der Waals surface area contributed by atoms with Crippen molar-refractivity contribution in [3.63, 3.8) is 0 Å². The number of amides is 1. The number of hydrogen-bond acceptors (Lipinski definition) is 5. The predicted octanol–water partition coefficient (Wildman–Crippen LogP) is 3.46. The molecular formula is C20H25ClFN5O. The van der Waals surface area contributed by atoms with Gasteiger partial charge in [-0.1, -0.05) is 25.4 Å². The topological polar surface area (TPSA) is 61.4 Å². The Bertz CT molecular complexity index is 852. The van der Waals surface area contributed by atoms with Gasteiger partial charge in [-0.2, -0.15) is 0 Å². The molecule has 1 aromatic heterocycles. The molecule has 1 N–H and O–H groups in total. The molecule has 150 valence electrons. The van der Waals surface area contributed by atoms with Crippen molar-refractivity contribution in [2.24, 2.45) is 0 Å². The average molecular weight is 406 g/mol. The van der Waals surface area contributed by atoms with Gasteiger partial charge in [-0.05, 0) is 25.1 Å². The molecule has 1 aliphatic heterocycles. The highest BCUT2D eigenvalue weighted by atomic mass is 35.5. The summed E-state index contributed by atoms with van der Waals surface area (Å²) >= 11 is 5.74. The zero-order valence-corrected chi connectivity index (χ0v) is 17.1. The van der Waals surface area contributed by atoms with E-state index in [9.17, 15) is 9.18 Å². The van der Waals surface area contributed by atoms with Crippen molar-refractivity contribution in [3.05, 3.63) is 46.6 Å². The van der Waals surface area contributed by atoms with Gasteiger partial charge in [0.25, 0.3) is 0 Å². The molecule has 28 heavy (non-hydrogen) atoms. The number of nitrogens with one attached hydrogen (secondary N) is 1. The number of piperazine rings is 1. The number of benzene rings is 1. The molecule has 1 aliphatic rings.